The highest BCUT2D eigenvalue weighted by Crippen LogP contribution is 2.68. The van der Waals surface area contributed by atoms with E-state index in [0.29, 0.717) is 30.1 Å². The molecule has 5 N–H and O–H groups in total. The second-order valence-electron chi connectivity index (χ2n) is 15.2. The molecule has 1 heterocycles. The van der Waals surface area contributed by atoms with Crippen molar-refractivity contribution in [3.63, 3.8) is 0 Å². The third-order valence-corrected chi connectivity index (χ3v) is 12.5. The summed E-state index contributed by atoms with van der Waals surface area (Å²) in [7, 11) is 0. The number of ether oxygens (including phenoxy) is 2. The first kappa shape index (κ1) is 30.9. The first-order valence-corrected chi connectivity index (χ1v) is 16.2. The number of aliphatic hydroxyl groups is 5. The predicted molar refractivity (Wildman–Crippen MR) is 153 cm³/mol. The van der Waals surface area contributed by atoms with Crippen molar-refractivity contribution in [2.75, 3.05) is 6.61 Å². The van der Waals surface area contributed by atoms with Gasteiger partial charge in [0.1, 0.15) is 24.4 Å². The third-order valence-electron chi connectivity index (χ3n) is 12.5. The molecule has 4 aliphatic carbocycles. The molecule has 0 amide bonds. The first-order valence-electron chi connectivity index (χ1n) is 16.2. The number of hydrogen-bond acceptors (Lipinski definition) is 7. The van der Waals surface area contributed by atoms with E-state index >= 15 is 0 Å². The Balaban J connectivity index is 1.27. The molecular formula is C33H56O7. The van der Waals surface area contributed by atoms with Crippen molar-refractivity contribution in [2.24, 2.45) is 46.3 Å². The summed E-state index contributed by atoms with van der Waals surface area (Å²) in [5, 5.41) is 51.8. The highest BCUT2D eigenvalue weighted by atomic mass is 16.8. The number of fused-ring (bicyclic) bond motifs is 5. The van der Waals surface area contributed by atoms with Crippen molar-refractivity contribution in [1.29, 1.82) is 0 Å². The topological polar surface area (TPSA) is 120 Å². The molecule has 3 saturated carbocycles. The van der Waals surface area contributed by atoms with Crippen molar-refractivity contribution in [3.05, 3.63) is 11.6 Å². The summed E-state index contributed by atoms with van der Waals surface area (Å²) >= 11 is 0. The summed E-state index contributed by atoms with van der Waals surface area (Å²) < 4.78 is 11.5. The van der Waals surface area contributed by atoms with Crippen molar-refractivity contribution < 1.29 is 35.0 Å². The number of allylic oxidation sites excluding steroid dienone is 1. The van der Waals surface area contributed by atoms with Gasteiger partial charge in [0.2, 0.25) is 0 Å². The smallest absolute Gasteiger partial charge is 0.189 e. The van der Waals surface area contributed by atoms with Crippen molar-refractivity contribution in [2.45, 2.75) is 142 Å². The highest BCUT2D eigenvalue weighted by Gasteiger charge is 2.60. The van der Waals surface area contributed by atoms with Crippen molar-refractivity contribution in [1.82, 2.24) is 0 Å². The summed E-state index contributed by atoms with van der Waals surface area (Å²) in [5.74, 6) is 2.94. The summed E-state index contributed by atoms with van der Waals surface area (Å²) in [5.41, 5.74) is 1.70. The Hall–Kier alpha value is -0.540. The van der Waals surface area contributed by atoms with Crippen molar-refractivity contribution in [3.8, 4) is 0 Å². The second-order valence-corrected chi connectivity index (χ2v) is 15.2. The Morgan fingerprint density at radius 2 is 1.70 bits per heavy atom. The molecule has 0 spiro atoms. The largest absolute Gasteiger partial charge is 0.394 e. The fourth-order valence-corrected chi connectivity index (χ4v) is 10.1. The molecule has 5 aliphatic rings. The van der Waals surface area contributed by atoms with Crippen LogP contribution in [0.5, 0.6) is 0 Å². The molecule has 0 aromatic rings. The normalized spacial score (nSPS) is 49.7. The number of aliphatic hydroxyl groups excluding tert-OH is 4. The van der Waals surface area contributed by atoms with Gasteiger partial charge in [0.25, 0.3) is 0 Å². The average Bonchev–Trinajstić information content (AvgIpc) is 3.26. The van der Waals surface area contributed by atoms with E-state index in [-0.39, 0.29) is 5.41 Å². The Kier molecular flexibility index (Phi) is 8.90. The van der Waals surface area contributed by atoms with E-state index in [1.807, 2.05) is 0 Å². The van der Waals surface area contributed by atoms with Crippen LogP contribution in [0.1, 0.15) is 105 Å². The molecule has 40 heavy (non-hydrogen) atoms. The minimum atomic E-state index is -1.53. The van der Waals surface area contributed by atoms with Crippen LogP contribution < -0.4 is 0 Å². The Labute approximate surface area is 241 Å². The van der Waals surface area contributed by atoms with Gasteiger partial charge in [0.05, 0.1) is 6.61 Å². The van der Waals surface area contributed by atoms with Gasteiger partial charge in [-0.25, -0.2) is 0 Å². The van der Waals surface area contributed by atoms with Gasteiger partial charge in [-0.05, 0) is 84.9 Å². The standard InChI is InChI=1S/C33H56O7/c1-19(2)7-6-8-20(3)23-11-12-24-22-10-9-21-17-33(38,16-15-31(21,4)25(22)13-14-32(23,24)5)40-30-29(37)28(36)27(35)26(18-34)39-30/h9,19-20,22-30,34-38H,6-8,10-18H2,1-5H3/t20-,22?,23-,24?,25?,26-,27-,28+,29-,30-,31+,32-,33?/m1/s1. The Morgan fingerprint density at radius 3 is 2.40 bits per heavy atom. The lowest BCUT2D eigenvalue weighted by molar-refractivity contribution is -0.366. The highest BCUT2D eigenvalue weighted by molar-refractivity contribution is 5.26. The number of hydrogen-bond donors (Lipinski definition) is 5. The molecule has 7 nitrogen and oxygen atoms in total. The van der Waals surface area contributed by atoms with E-state index in [9.17, 15) is 25.5 Å². The molecule has 13 atom stereocenters. The molecule has 0 bridgehead atoms. The first-order chi connectivity index (χ1) is 18.8. The molecule has 1 aliphatic heterocycles. The average molecular weight is 565 g/mol. The van der Waals surface area contributed by atoms with Crippen LogP contribution in [0.4, 0.5) is 0 Å². The molecular weight excluding hydrogens is 508 g/mol. The quantitative estimate of drug-likeness (QED) is 0.217. The van der Waals surface area contributed by atoms with E-state index in [4.69, 9.17) is 9.47 Å². The lowest BCUT2D eigenvalue weighted by atomic mass is 9.46. The van der Waals surface area contributed by atoms with Gasteiger partial charge >= 0.3 is 0 Å². The van der Waals surface area contributed by atoms with E-state index in [1.165, 1.54) is 50.5 Å². The molecule has 0 aromatic heterocycles. The van der Waals surface area contributed by atoms with Gasteiger partial charge in [-0.1, -0.05) is 65.5 Å². The summed E-state index contributed by atoms with van der Waals surface area (Å²) in [4.78, 5) is 0. The molecule has 0 radical (unpaired) electrons. The summed E-state index contributed by atoms with van der Waals surface area (Å²) in [6.07, 6.45) is 7.43. The van der Waals surface area contributed by atoms with Crippen LogP contribution in [0.2, 0.25) is 0 Å². The molecule has 0 aromatic carbocycles. The maximum absolute atomic E-state index is 11.5. The summed E-state index contributed by atoms with van der Waals surface area (Å²) in [6.45, 7) is 11.7. The second kappa shape index (κ2) is 11.5. The number of rotatable bonds is 8. The van der Waals surface area contributed by atoms with Crippen LogP contribution in [-0.4, -0.2) is 68.6 Å². The summed E-state index contributed by atoms with van der Waals surface area (Å²) in [6, 6.07) is 0. The van der Waals surface area contributed by atoms with E-state index in [0.717, 1.165) is 36.5 Å². The zero-order chi connectivity index (χ0) is 29.0. The van der Waals surface area contributed by atoms with E-state index < -0.39 is 43.1 Å². The molecule has 7 heteroatoms. The lowest BCUT2D eigenvalue weighted by Gasteiger charge is -2.59. The Morgan fingerprint density at radius 1 is 0.950 bits per heavy atom. The molecule has 1 saturated heterocycles. The third kappa shape index (κ3) is 5.35. The molecule has 4 fully saturated rings. The lowest BCUT2D eigenvalue weighted by Crippen LogP contribution is -2.61. The van der Waals surface area contributed by atoms with Crippen LogP contribution >= 0.6 is 0 Å². The SMILES string of the molecule is CC(C)CCC[C@@H](C)[C@H]1CCC2C3CC=C4CC(O)(O[C@H]5O[C@H](CO)[C@@H](O)[C@H](O)[C@H]5O)CC[C@]4(C)C3CC[C@@]21C. The van der Waals surface area contributed by atoms with Crippen molar-refractivity contribution >= 4 is 0 Å². The van der Waals surface area contributed by atoms with Gasteiger partial charge in [-0.2, -0.15) is 0 Å². The molecule has 4 unspecified atom stereocenters. The monoisotopic (exact) mass is 564 g/mol. The van der Waals surface area contributed by atoms with Gasteiger partial charge < -0.3 is 35.0 Å². The van der Waals surface area contributed by atoms with E-state index in [2.05, 4.69) is 40.7 Å². The van der Waals surface area contributed by atoms with Gasteiger partial charge in [-0.15, -0.1) is 0 Å². The van der Waals surface area contributed by atoms with Gasteiger partial charge in [-0.3, -0.25) is 0 Å². The minimum absolute atomic E-state index is 0.0240. The Bertz CT molecular complexity index is 920. The van der Waals surface area contributed by atoms with Gasteiger partial charge in [0.15, 0.2) is 12.1 Å². The van der Waals surface area contributed by atoms with Crippen LogP contribution in [-0.2, 0) is 9.47 Å². The van der Waals surface area contributed by atoms with Crippen LogP contribution in [0, 0.1) is 46.3 Å². The maximum Gasteiger partial charge on any atom is 0.189 e. The van der Waals surface area contributed by atoms with Gasteiger partial charge in [0, 0.05) is 12.8 Å². The van der Waals surface area contributed by atoms with E-state index in [1.54, 1.807) is 0 Å². The zero-order valence-corrected chi connectivity index (χ0v) is 25.5. The molecule has 230 valence electrons. The molecule has 5 rings (SSSR count). The maximum atomic E-state index is 11.5. The van der Waals surface area contributed by atoms with Crippen LogP contribution in [0.15, 0.2) is 11.6 Å². The predicted octanol–water partition coefficient (Wildman–Crippen LogP) is 4.53. The van der Waals surface area contributed by atoms with Crippen LogP contribution in [0.25, 0.3) is 0 Å². The fourth-order valence-electron chi connectivity index (χ4n) is 10.1. The minimum Gasteiger partial charge on any atom is -0.394 e. The zero-order valence-electron chi connectivity index (χ0n) is 25.5. The fraction of sp³-hybridized carbons (Fsp3) is 0.939. The van der Waals surface area contributed by atoms with Crippen LogP contribution in [0.3, 0.4) is 0 Å².